The fraction of sp³-hybridized carbons (Fsp3) is 0.250. The van der Waals surface area contributed by atoms with E-state index in [0.29, 0.717) is 22.1 Å². The zero-order valence-electron chi connectivity index (χ0n) is 17.6. The van der Waals surface area contributed by atoms with E-state index in [1.54, 1.807) is 19.1 Å². The van der Waals surface area contributed by atoms with Crippen LogP contribution in [0.5, 0.6) is 0 Å². The van der Waals surface area contributed by atoms with Crippen molar-refractivity contribution in [3.8, 4) is 11.1 Å². The number of rotatable bonds is 9. The third-order valence-electron chi connectivity index (χ3n) is 4.89. The number of thiophene rings is 1. The summed E-state index contributed by atoms with van der Waals surface area (Å²) in [5.41, 5.74) is 3.12. The molecule has 2 aromatic carbocycles. The Morgan fingerprint density at radius 3 is 2.42 bits per heavy atom. The van der Waals surface area contributed by atoms with Gasteiger partial charge >= 0.3 is 5.97 Å². The van der Waals surface area contributed by atoms with Crippen molar-refractivity contribution in [2.45, 2.75) is 20.4 Å². The zero-order valence-corrected chi connectivity index (χ0v) is 19.2. The lowest BCUT2D eigenvalue weighted by Gasteiger charge is -2.17. The van der Waals surface area contributed by atoms with Gasteiger partial charge in [0, 0.05) is 21.5 Å². The number of nitrogens with one attached hydrogen (secondary N) is 2. The van der Waals surface area contributed by atoms with Gasteiger partial charge in [-0.2, -0.15) is 0 Å². The number of ether oxygens (including phenoxy) is 1. The first kappa shape index (κ1) is 23.0. The SMILES string of the molecule is CCOC(=O)c1c(-c2ccc(Cl)cc2)csc1NC(=O)C[NH+](CC)Cc1ccccc1. The van der Waals surface area contributed by atoms with Crippen LogP contribution in [0.25, 0.3) is 11.1 Å². The quantitative estimate of drug-likeness (QED) is 0.471. The third-order valence-corrected chi connectivity index (χ3v) is 6.03. The summed E-state index contributed by atoms with van der Waals surface area (Å²) in [6, 6.07) is 17.3. The van der Waals surface area contributed by atoms with Gasteiger partial charge in [-0.25, -0.2) is 4.79 Å². The van der Waals surface area contributed by atoms with Crippen LogP contribution in [0.4, 0.5) is 5.00 Å². The minimum Gasteiger partial charge on any atom is -0.462 e. The van der Waals surface area contributed by atoms with Crippen LogP contribution in [0, 0.1) is 0 Å². The Kier molecular flexibility index (Phi) is 8.23. The smallest absolute Gasteiger partial charge is 0.341 e. The van der Waals surface area contributed by atoms with Crippen molar-refractivity contribution in [1.82, 2.24) is 0 Å². The van der Waals surface area contributed by atoms with Gasteiger partial charge in [0.2, 0.25) is 0 Å². The summed E-state index contributed by atoms with van der Waals surface area (Å²) in [6.07, 6.45) is 0. The summed E-state index contributed by atoms with van der Waals surface area (Å²) < 4.78 is 5.26. The van der Waals surface area contributed by atoms with Gasteiger partial charge in [0.1, 0.15) is 17.1 Å². The first-order valence-corrected chi connectivity index (χ1v) is 11.5. The van der Waals surface area contributed by atoms with Crippen LogP contribution >= 0.6 is 22.9 Å². The highest BCUT2D eigenvalue weighted by atomic mass is 35.5. The normalized spacial score (nSPS) is 11.7. The van der Waals surface area contributed by atoms with E-state index < -0.39 is 5.97 Å². The van der Waals surface area contributed by atoms with E-state index in [1.165, 1.54) is 16.9 Å². The first-order valence-electron chi connectivity index (χ1n) is 10.2. The molecule has 0 aliphatic rings. The Hall–Kier alpha value is -2.67. The summed E-state index contributed by atoms with van der Waals surface area (Å²) in [5, 5.41) is 5.91. The van der Waals surface area contributed by atoms with E-state index in [-0.39, 0.29) is 12.5 Å². The van der Waals surface area contributed by atoms with Crippen LogP contribution < -0.4 is 10.2 Å². The van der Waals surface area contributed by atoms with Gasteiger partial charge < -0.3 is 15.0 Å². The molecule has 1 heterocycles. The van der Waals surface area contributed by atoms with Crippen molar-refractivity contribution in [2.24, 2.45) is 0 Å². The lowest BCUT2D eigenvalue weighted by Crippen LogP contribution is -3.11. The van der Waals surface area contributed by atoms with Crippen molar-refractivity contribution < 1.29 is 19.2 Å². The topological polar surface area (TPSA) is 59.8 Å². The molecule has 1 atom stereocenters. The Bertz CT molecular complexity index is 1020. The number of hydrogen-bond acceptors (Lipinski definition) is 4. The minimum absolute atomic E-state index is 0.136. The van der Waals surface area contributed by atoms with Gasteiger partial charge in [0.05, 0.1) is 13.2 Å². The molecule has 0 spiro atoms. The molecule has 0 aliphatic heterocycles. The maximum absolute atomic E-state index is 12.8. The van der Waals surface area contributed by atoms with Crippen molar-refractivity contribution in [3.05, 3.63) is 76.1 Å². The molecule has 1 amide bonds. The van der Waals surface area contributed by atoms with Crippen LogP contribution in [0.1, 0.15) is 29.8 Å². The number of quaternary nitrogens is 1. The predicted molar refractivity (Wildman–Crippen MR) is 126 cm³/mol. The molecular weight excluding hydrogens is 432 g/mol. The number of carbonyl (C=O) groups is 2. The molecule has 1 aromatic heterocycles. The summed E-state index contributed by atoms with van der Waals surface area (Å²) in [4.78, 5) is 26.6. The van der Waals surface area contributed by atoms with Crippen LogP contribution in [-0.2, 0) is 16.1 Å². The summed E-state index contributed by atoms with van der Waals surface area (Å²) in [6.45, 7) is 5.95. The second kappa shape index (κ2) is 11.1. The van der Waals surface area contributed by atoms with Gasteiger partial charge in [-0.05, 0) is 31.5 Å². The average Bonchev–Trinajstić information content (AvgIpc) is 3.18. The lowest BCUT2D eigenvalue weighted by atomic mass is 10.0. The van der Waals surface area contributed by atoms with Crippen LogP contribution in [-0.4, -0.2) is 31.6 Å². The average molecular weight is 458 g/mol. The molecule has 5 nitrogen and oxygen atoms in total. The molecule has 7 heteroatoms. The monoisotopic (exact) mass is 457 g/mol. The van der Waals surface area contributed by atoms with Gasteiger partial charge in [-0.1, -0.05) is 54.1 Å². The highest BCUT2D eigenvalue weighted by Crippen LogP contribution is 2.36. The molecular formula is C24H26ClN2O3S+. The molecule has 0 aliphatic carbocycles. The molecule has 1 unspecified atom stereocenters. The fourth-order valence-corrected chi connectivity index (χ4v) is 4.39. The number of anilines is 1. The number of hydrogen-bond donors (Lipinski definition) is 2. The number of carbonyl (C=O) groups excluding carboxylic acids is 2. The van der Waals surface area contributed by atoms with Gasteiger partial charge in [-0.3, -0.25) is 4.79 Å². The zero-order chi connectivity index (χ0) is 22.2. The van der Waals surface area contributed by atoms with Gasteiger partial charge in [0.25, 0.3) is 5.91 Å². The van der Waals surface area contributed by atoms with Gasteiger partial charge in [0.15, 0.2) is 6.54 Å². The molecule has 3 aromatic rings. The Labute approximate surface area is 191 Å². The molecule has 0 saturated heterocycles. The van der Waals surface area contributed by atoms with E-state index in [2.05, 4.69) is 24.4 Å². The van der Waals surface area contributed by atoms with Crippen molar-refractivity contribution >= 4 is 39.8 Å². The highest BCUT2D eigenvalue weighted by Gasteiger charge is 2.24. The summed E-state index contributed by atoms with van der Waals surface area (Å²) in [5.74, 6) is -0.587. The molecule has 0 saturated carbocycles. The molecule has 3 rings (SSSR count). The predicted octanol–water partition coefficient (Wildman–Crippen LogP) is 4.29. The van der Waals surface area contributed by atoms with E-state index in [1.807, 2.05) is 35.7 Å². The Morgan fingerprint density at radius 2 is 1.77 bits per heavy atom. The standard InChI is InChI=1S/C24H25ClN2O3S/c1-3-27(14-17-8-6-5-7-9-17)15-21(28)26-23-22(24(29)30-4-2)20(16-31-23)18-10-12-19(25)13-11-18/h5-13,16H,3-4,14-15H2,1-2H3,(H,26,28)/p+1. The molecule has 2 N–H and O–H groups in total. The summed E-state index contributed by atoms with van der Waals surface area (Å²) >= 11 is 7.32. The number of amides is 1. The van der Waals surface area contributed by atoms with E-state index >= 15 is 0 Å². The molecule has 0 bridgehead atoms. The third kappa shape index (κ3) is 6.17. The maximum Gasteiger partial charge on any atom is 0.341 e. The largest absolute Gasteiger partial charge is 0.462 e. The number of benzene rings is 2. The number of halogens is 1. The van der Waals surface area contributed by atoms with E-state index in [0.717, 1.165) is 29.1 Å². The van der Waals surface area contributed by atoms with Crippen molar-refractivity contribution in [3.63, 3.8) is 0 Å². The van der Waals surface area contributed by atoms with E-state index in [9.17, 15) is 9.59 Å². The van der Waals surface area contributed by atoms with Crippen LogP contribution in [0.15, 0.2) is 60.0 Å². The molecule has 31 heavy (non-hydrogen) atoms. The fourth-order valence-electron chi connectivity index (χ4n) is 3.29. The molecule has 0 fully saturated rings. The second-order valence-corrected chi connectivity index (χ2v) is 8.39. The van der Waals surface area contributed by atoms with Crippen molar-refractivity contribution in [1.29, 1.82) is 0 Å². The van der Waals surface area contributed by atoms with Crippen LogP contribution in [0.2, 0.25) is 5.02 Å². The molecule has 162 valence electrons. The lowest BCUT2D eigenvalue weighted by molar-refractivity contribution is -0.903. The second-order valence-electron chi connectivity index (χ2n) is 7.07. The number of esters is 1. The van der Waals surface area contributed by atoms with Crippen LogP contribution in [0.3, 0.4) is 0 Å². The van der Waals surface area contributed by atoms with Crippen molar-refractivity contribution in [2.75, 3.05) is 25.0 Å². The maximum atomic E-state index is 12.8. The summed E-state index contributed by atoms with van der Waals surface area (Å²) in [7, 11) is 0. The van der Waals surface area contributed by atoms with E-state index in [4.69, 9.17) is 16.3 Å². The van der Waals surface area contributed by atoms with Gasteiger partial charge in [-0.15, -0.1) is 11.3 Å². The minimum atomic E-state index is -0.451. The highest BCUT2D eigenvalue weighted by molar-refractivity contribution is 7.15. The Balaban J connectivity index is 1.78. The number of likely N-dealkylation sites (N-methyl/N-ethyl adjacent to an activating group) is 1. The molecule has 0 radical (unpaired) electrons. The Morgan fingerprint density at radius 1 is 1.06 bits per heavy atom. The first-order chi connectivity index (χ1) is 15.0.